The van der Waals surface area contributed by atoms with Gasteiger partial charge in [0, 0.05) is 24.7 Å². The third-order valence-corrected chi connectivity index (χ3v) is 7.96. The van der Waals surface area contributed by atoms with Gasteiger partial charge in [0.1, 0.15) is 0 Å². The smallest absolute Gasteiger partial charge is 0.387 e. The van der Waals surface area contributed by atoms with Crippen molar-refractivity contribution in [2.24, 2.45) is 0 Å². The van der Waals surface area contributed by atoms with Gasteiger partial charge in [-0.05, 0) is 68.5 Å². The maximum absolute atomic E-state index is 13.2. The summed E-state index contributed by atoms with van der Waals surface area (Å²) < 4.78 is 62.6. The molecule has 1 atom stereocenters. The summed E-state index contributed by atoms with van der Waals surface area (Å²) in [6, 6.07) is 9.16. The molecule has 1 saturated heterocycles. The first-order valence-electron chi connectivity index (χ1n) is 11.2. The van der Waals surface area contributed by atoms with Crippen LogP contribution in [-0.2, 0) is 16.4 Å². The molecule has 0 aliphatic carbocycles. The molecule has 1 aliphatic rings. The predicted octanol–water partition coefficient (Wildman–Crippen LogP) is 4.14. The minimum absolute atomic E-state index is 0.0815. The molecular weight excluding hydrogens is 466 g/mol. The lowest BCUT2D eigenvalue weighted by atomic mass is 10.1. The highest BCUT2D eigenvalue weighted by atomic mass is 32.2. The van der Waals surface area contributed by atoms with Crippen LogP contribution in [0.25, 0.3) is 0 Å². The molecule has 186 valence electrons. The zero-order chi connectivity index (χ0) is 24.9. The molecule has 0 bridgehead atoms. The van der Waals surface area contributed by atoms with Gasteiger partial charge in [0.05, 0.1) is 12.0 Å². The number of amides is 1. The van der Waals surface area contributed by atoms with Crippen molar-refractivity contribution in [3.05, 3.63) is 53.1 Å². The number of nitrogens with one attached hydrogen (secondary N) is 1. The van der Waals surface area contributed by atoms with Crippen molar-refractivity contribution in [3.63, 3.8) is 0 Å². The van der Waals surface area contributed by atoms with Gasteiger partial charge in [-0.25, -0.2) is 8.42 Å². The first-order chi connectivity index (χ1) is 16.1. The van der Waals surface area contributed by atoms with Gasteiger partial charge in [-0.2, -0.15) is 13.1 Å². The number of aryl methyl sites for hydroxylation is 1. The number of carbonyl (C=O) groups excluding carboxylic acids is 1. The Morgan fingerprint density at radius 2 is 1.94 bits per heavy atom. The summed E-state index contributed by atoms with van der Waals surface area (Å²) in [5.74, 6) is -0.300. The highest BCUT2D eigenvalue weighted by Crippen LogP contribution is 2.30. The zero-order valence-electron chi connectivity index (χ0n) is 19.5. The van der Waals surface area contributed by atoms with E-state index < -0.39 is 22.5 Å². The van der Waals surface area contributed by atoms with Crippen LogP contribution in [0.1, 0.15) is 47.7 Å². The lowest BCUT2D eigenvalue weighted by molar-refractivity contribution is -0.0512. The molecule has 3 rings (SSSR count). The first-order valence-corrected chi connectivity index (χ1v) is 12.6. The highest BCUT2D eigenvalue weighted by molar-refractivity contribution is 7.89. The number of benzene rings is 2. The number of hydrogen-bond acceptors (Lipinski definition) is 5. The van der Waals surface area contributed by atoms with E-state index in [4.69, 9.17) is 4.74 Å². The largest absolute Gasteiger partial charge is 0.493 e. The number of halogens is 2. The molecule has 1 aliphatic heterocycles. The topological polar surface area (TPSA) is 84.9 Å². The van der Waals surface area contributed by atoms with Crippen molar-refractivity contribution in [1.29, 1.82) is 0 Å². The number of ether oxygens (including phenoxy) is 2. The van der Waals surface area contributed by atoms with Crippen LogP contribution in [0.15, 0.2) is 41.3 Å². The van der Waals surface area contributed by atoms with Gasteiger partial charge in [0.25, 0.3) is 5.91 Å². The lowest BCUT2D eigenvalue weighted by Gasteiger charge is -2.32. The van der Waals surface area contributed by atoms with Gasteiger partial charge in [-0.1, -0.05) is 18.6 Å². The average Bonchev–Trinajstić information content (AvgIpc) is 2.79. The van der Waals surface area contributed by atoms with Crippen LogP contribution in [-0.4, -0.2) is 51.5 Å². The van der Waals surface area contributed by atoms with Crippen LogP contribution >= 0.6 is 0 Å². The van der Waals surface area contributed by atoms with E-state index in [2.05, 4.69) is 10.1 Å². The Bertz CT molecular complexity index is 1120. The highest BCUT2D eigenvalue weighted by Gasteiger charge is 2.31. The number of rotatable bonds is 9. The quantitative estimate of drug-likeness (QED) is 0.564. The number of hydrogen-bond donors (Lipinski definition) is 1. The lowest BCUT2D eigenvalue weighted by Crippen LogP contribution is -2.42. The van der Waals surface area contributed by atoms with E-state index >= 15 is 0 Å². The Morgan fingerprint density at radius 3 is 2.62 bits per heavy atom. The maximum atomic E-state index is 13.2. The summed E-state index contributed by atoms with van der Waals surface area (Å²) in [6.45, 7) is 1.35. The molecule has 7 nitrogen and oxygen atoms in total. The Hall–Kier alpha value is -2.72. The number of piperidine rings is 1. The fourth-order valence-corrected chi connectivity index (χ4v) is 5.78. The molecule has 1 heterocycles. The predicted molar refractivity (Wildman–Crippen MR) is 124 cm³/mol. The van der Waals surface area contributed by atoms with E-state index in [0.717, 1.165) is 19.3 Å². The average molecular weight is 497 g/mol. The van der Waals surface area contributed by atoms with Gasteiger partial charge in [-0.15, -0.1) is 0 Å². The molecule has 34 heavy (non-hydrogen) atoms. The Morgan fingerprint density at radius 1 is 1.18 bits per heavy atom. The second-order valence-corrected chi connectivity index (χ2v) is 10.2. The molecule has 0 saturated carbocycles. The summed E-state index contributed by atoms with van der Waals surface area (Å²) in [4.78, 5) is 12.9. The van der Waals surface area contributed by atoms with Crippen molar-refractivity contribution in [2.45, 2.75) is 57.1 Å². The summed E-state index contributed by atoms with van der Waals surface area (Å²) in [5.41, 5.74) is 1.60. The monoisotopic (exact) mass is 496 g/mol. The van der Waals surface area contributed by atoms with Crippen molar-refractivity contribution >= 4 is 15.9 Å². The van der Waals surface area contributed by atoms with Crippen molar-refractivity contribution in [3.8, 4) is 11.5 Å². The zero-order valence-corrected chi connectivity index (χ0v) is 20.3. The number of methoxy groups -OCH3 is 1. The molecule has 1 N–H and O–H groups in total. The molecule has 2 aromatic rings. The van der Waals surface area contributed by atoms with E-state index in [1.54, 1.807) is 19.1 Å². The van der Waals surface area contributed by atoms with E-state index in [0.29, 0.717) is 24.1 Å². The number of nitrogens with zero attached hydrogens (tertiary/aromatic N) is 1. The Balaban J connectivity index is 1.70. The summed E-state index contributed by atoms with van der Waals surface area (Å²) in [7, 11) is -2.35. The SMILES string of the molecule is COc1ccc(CCNC(=O)c2cc(S(=O)(=O)N3CCCCC3C)ccc2C)cc1OC(F)F. The summed E-state index contributed by atoms with van der Waals surface area (Å²) in [5, 5.41) is 2.78. The van der Waals surface area contributed by atoms with Crippen molar-refractivity contribution in [2.75, 3.05) is 20.2 Å². The van der Waals surface area contributed by atoms with Crippen molar-refractivity contribution < 1.29 is 31.5 Å². The molecule has 1 fully saturated rings. The van der Waals surface area contributed by atoms with Gasteiger partial charge in [0.2, 0.25) is 10.0 Å². The molecule has 1 unspecified atom stereocenters. The fraction of sp³-hybridized carbons (Fsp3) is 0.458. The second kappa shape index (κ2) is 11.1. The van der Waals surface area contributed by atoms with Gasteiger partial charge in [-0.3, -0.25) is 4.79 Å². The van der Waals surface area contributed by atoms with Crippen molar-refractivity contribution in [1.82, 2.24) is 9.62 Å². The second-order valence-electron chi connectivity index (χ2n) is 8.31. The van der Waals surface area contributed by atoms with Crippen LogP contribution in [0.2, 0.25) is 0 Å². The van der Waals surface area contributed by atoms with E-state index in [-0.39, 0.29) is 34.5 Å². The van der Waals surface area contributed by atoms with Crippen LogP contribution in [0.5, 0.6) is 11.5 Å². The number of sulfonamides is 1. The minimum atomic E-state index is -3.70. The number of carbonyl (C=O) groups is 1. The van der Waals surface area contributed by atoms with Gasteiger partial charge < -0.3 is 14.8 Å². The molecule has 1 amide bonds. The molecule has 0 spiro atoms. The maximum Gasteiger partial charge on any atom is 0.387 e. The van der Waals surface area contributed by atoms with Crippen LogP contribution < -0.4 is 14.8 Å². The minimum Gasteiger partial charge on any atom is -0.493 e. The third-order valence-electron chi connectivity index (χ3n) is 5.95. The Labute approximate surface area is 199 Å². The molecule has 2 aromatic carbocycles. The molecule has 0 radical (unpaired) electrons. The molecular formula is C24H30F2N2O5S. The fourth-order valence-electron chi connectivity index (χ4n) is 4.05. The normalized spacial score (nSPS) is 16.9. The standard InChI is InChI=1S/C24H30F2N2O5S/c1-16-7-9-19(34(30,31)28-13-5-4-6-17(28)2)15-20(16)23(29)27-12-11-18-8-10-21(32-3)22(14-18)33-24(25)26/h7-10,14-15,17,24H,4-6,11-13H2,1-3H3,(H,27,29). The first kappa shape index (κ1) is 25.9. The van der Waals surface area contributed by atoms with E-state index in [1.807, 2.05) is 6.92 Å². The van der Waals surface area contributed by atoms with Crippen LogP contribution in [0.3, 0.4) is 0 Å². The molecule has 0 aromatic heterocycles. The van der Waals surface area contributed by atoms with E-state index in [1.165, 1.54) is 35.7 Å². The summed E-state index contributed by atoms with van der Waals surface area (Å²) >= 11 is 0. The third kappa shape index (κ3) is 6.04. The van der Waals surface area contributed by atoms with Crippen LogP contribution in [0.4, 0.5) is 8.78 Å². The van der Waals surface area contributed by atoms with Gasteiger partial charge in [0.15, 0.2) is 11.5 Å². The van der Waals surface area contributed by atoms with Gasteiger partial charge >= 0.3 is 6.61 Å². The van der Waals surface area contributed by atoms with Crippen LogP contribution in [0, 0.1) is 6.92 Å². The number of alkyl halides is 2. The summed E-state index contributed by atoms with van der Waals surface area (Å²) in [6.07, 6.45) is 2.99. The Kier molecular flexibility index (Phi) is 8.48. The van der Waals surface area contributed by atoms with E-state index in [9.17, 15) is 22.0 Å². The molecule has 10 heteroatoms.